The molecule has 0 aliphatic rings. The van der Waals surface area contributed by atoms with E-state index in [1.54, 1.807) is 18.2 Å². The molecular formula is C14H13ClF3N3O2. The number of anilines is 1. The molecule has 0 amide bonds. The van der Waals surface area contributed by atoms with Crippen molar-refractivity contribution in [2.45, 2.75) is 13.0 Å². The van der Waals surface area contributed by atoms with Crippen molar-refractivity contribution in [1.82, 2.24) is 4.98 Å². The van der Waals surface area contributed by atoms with Crippen molar-refractivity contribution in [3.8, 4) is 11.5 Å². The molecule has 0 unspecified atom stereocenters. The first-order valence-corrected chi connectivity index (χ1v) is 6.75. The van der Waals surface area contributed by atoms with Crippen molar-refractivity contribution in [2.75, 3.05) is 12.1 Å². The van der Waals surface area contributed by atoms with Crippen LogP contribution in [0.1, 0.15) is 5.56 Å². The summed E-state index contributed by atoms with van der Waals surface area (Å²) in [6.07, 6.45) is -3.36. The lowest BCUT2D eigenvalue weighted by Crippen LogP contribution is -2.27. The van der Waals surface area contributed by atoms with Gasteiger partial charge in [0.05, 0.1) is 11.3 Å². The summed E-state index contributed by atoms with van der Waals surface area (Å²) in [4.78, 5) is 3.82. The van der Waals surface area contributed by atoms with Crippen LogP contribution in [-0.4, -0.2) is 18.4 Å². The molecule has 2 rings (SSSR count). The number of hydrogen-bond donors (Lipinski definition) is 1. The van der Waals surface area contributed by atoms with Crippen LogP contribution in [0.25, 0.3) is 0 Å². The fraction of sp³-hybridized carbons (Fsp3) is 0.214. The predicted octanol–water partition coefficient (Wildman–Crippen LogP) is 3.52. The van der Waals surface area contributed by atoms with Crippen molar-refractivity contribution in [3.05, 3.63) is 47.2 Å². The van der Waals surface area contributed by atoms with Gasteiger partial charge in [-0.3, -0.25) is 0 Å². The highest BCUT2D eigenvalue weighted by atomic mass is 35.5. The lowest BCUT2D eigenvalue weighted by atomic mass is 10.1. The van der Waals surface area contributed by atoms with Gasteiger partial charge < -0.3 is 14.5 Å². The van der Waals surface area contributed by atoms with Gasteiger partial charge in [-0.1, -0.05) is 17.7 Å². The van der Waals surface area contributed by atoms with Gasteiger partial charge in [0.1, 0.15) is 12.4 Å². The zero-order chi connectivity index (χ0) is 17.0. The molecule has 0 spiro atoms. The van der Waals surface area contributed by atoms with E-state index in [1.807, 2.05) is 0 Å². The number of aromatic nitrogens is 1. The molecule has 1 heterocycles. The van der Waals surface area contributed by atoms with Crippen LogP contribution in [0.3, 0.4) is 0 Å². The Kier molecular flexibility index (Phi) is 5.17. The van der Waals surface area contributed by atoms with Crippen LogP contribution in [0.4, 0.5) is 18.9 Å². The Bertz CT molecular complexity index is 681. The predicted molar refractivity (Wildman–Crippen MR) is 79.3 cm³/mol. The first-order chi connectivity index (χ1) is 10.8. The van der Waals surface area contributed by atoms with Gasteiger partial charge in [-0.15, -0.1) is 13.2 Å². The molecule has 0 fully saturated rings. The summed E-state index contributed by atoms with van der Waals surface area (Å²) in [6, 6.07) is 7.28. The van der Waals surface area contributed by atoms with E-state index in [0.29, 0.717) is 5.69 Å². The third kappa shape index (κ3) is 4.64. The fourth-order valence-electron chi connectivity index (χ4n) is 1.88. The van der Waals surface area contributed by atoms with Crippen molar-refractivity contribution < 1.29 is 22.6 Å². The molecule has 2 N–H and O–H groups in total. The summed E-state index contributed by atoms with van der Waals surface area (Å²) >= 11 is 5.86. The largest absolute Gasteiger partial charge is 0.573 e. The number of hydrazine groups is 1. The molecule has 2 aromatic rings. The normalized spacial score (nSPS) is 11.2. The lowest BCUT2D eigenvalue weighted by Gasteiger charge is -2.21. The van der Waals surface area contributed by atoms with Crippen LogP contribution in [0.2, 0.25) is 5.15 Å². The Balaban J connectivity index is 2.32. The van der Waals surface area contributed by atoms with Gasteiger partial charge in [-0.2, -0.15) is 0 Å². The minimum atomic E-state index is -4.83. The third-order valence-corrected chi connectivity index (χ3v) is 3.09. The van der Waals surface area contributed by atoms with E-state index in [0.717, 1.165) is 0 Å². The molecular weight excluding hydrogens is 335 g/mol. The smallest absolute Gasteiger partial charge is 0.485 e. The van der Waals surface area contributed by atoms with Gasteiger partial charge in [0.25, 0.3) is 0 Å². The van der Waals surface area contributed by atoms with Crippen LogP contribution >= 0.6 is 11.6 Å². The molecule has 5 nitrogen and oxygen atoms in total. The standard InChI is InChI=1S/C14H13ClF3N3O2/c1-21(19)10-4-2-5-11(23-14(16,17)18)9(10)8-22-12-6-3-7-20-13(12)15/h2-7H,8,19H2,1H3. The topological polar surface area (TPSA) is 60.6 Å². The van der Waals surface area contributed by atoms with Crippen LogP contribution in [0.15, 0.2) is 36.5 Å². The number of rotatable bonds is 5. The summed E-state index contributed by atoms with van der Waals surface area (Å²) in [6.45, 7) is -0.228. The zero-order valence-electron chi connectivity index (χ0n) is 12.0. The SMILES string of the molecule is CN(N)c1cccc(OC(F)(F)F)c1COc1cccnc1Cl. The highest BCUT2D eigenvalue weighted by molar-refractivity contribution is 6.30. The molecule has 0 saturated heterocycles. The second kappa shape index (κ2) is 6.93. The van der Waals surface area contributed by atoms with Gasteiger partial charge in [-0.25, -0.2) is 10.8 Å². The van der Waals surface area contributed by atoms with Crippen LogP contribution in [-0.2, 0) is 6.61 Å². The number of nitrogens with zero attached hydrogens (tertiary/aromatic N) is 2. The molecule has 0 aliphatic heterocycles. The minimum Gasteiger partial charge on any atom is -0.485 e. The molecule has 0 atom stereocenters. The molecule has 0 saturated carbocycles. The van der Waals surface area contributed by atoms with E-state index in [-0.39, 0.29) is 23.1 Å². The average Bonchev–Trinajstić information content (AvgIpc) is 2.45. The molecule has 0 radical (unpaired) electrons. The number of hydrogen-bond acceptors (Lipinski definition) is 5. The Morgan fingerprint density at radius 2 is 1.91 bits per heavy atom. The van der Waals surface area contributed by atoms with Crippen molar-refractivity contribution in [2.24, 2.45) is 5.84 Å². The highest BCUT2D eigenvalue weighted by Crippen LogP contribution is 2.33. The average molecular weight is 348 g/mol. The van der Waals surface area contributed by atoms with Gasteiger partial charge in [0, 0.05) is 13.2 Å². The van der Waals surface area contributed by atoms with Gasteiger partial charge >= 0.3 is 6.36 Å². The van der Waals surface area contributed by atoms with E-state index >= 15 is 0 Å². The molecule has 0 bridgehead atoms. The maximum atomic E-state index is 12.5. The number of benzene rings is 1. The minimum absolute atomic E-state index is 0.101. The summed E-state index contributed by atoms with van der Waals surface area (Å²) in [5.74, 6) is 5.49. The summed E-state index contributed by atoms with van der Waals surface area (Å²) in [5.41, 5.74) is 0.460. The molecule has 23 heavy (non-hydrogen) atoms. The molecule has 1 aromatic heterocycles. The first-order valence-electron chi connectivity index (χ1n) is 6.37. The zero-order valence-corrected chi connectivity index (χ0v) is 12.7. The Morgan fingerprint density at radius 3 is 2.52 bits per heavy atom. The summed E-state index contributed by atoms with van der Waals surface area (Å²) < 4.78 is 47.1. The third-order valence-electron chi connectivity index (χ3n) is 2.81. The molecule has 124 valence electrons. The molecule has 1 aromatic carbocycles. The van der Waals surface area contributed by atoms with E-state index in [9.17, 15) is 13.2 Å². The van der Waals surface area contributed by atoms with Gasteiger partial charge in [0.2, 0.25) is 0 Å². The first kappa shape index (κ1) is 17.2. The van der Waals surface area contributed by atoms with Crippen LogP contribution in [0.5, 0.6) is 11.5 Å². The maximum Gasteiger partial charge on any atom is 0.573 e. The Morgan fingerprint density at radius 1 is 1.22 bits per heavy atom. The second-order valence-corrected chi connectivity index (χ2v) is 4.85. The summed E-state index contributed by atoms with van der Waals surface area (Å²) in [5, 5.41) is 1.27. The number of ether oxygens (including phenoxy) is 2. The fourth-order valence-corrected chi connectivity index (χ4v) is 2.05. The summed E-state index contributed by atoms with van der Waals surface area (Å²) in [7, 11) is 1.49. The number of pyridine rings is 1. The van der Waals surface area contributed by atoms with E-state index < -0.39 is 12.1 Å². The number of halogens is 4. The molecule has 9 heteroatoms. The van der Waals surface area contributed by atoms with Crippen molar-refractivity contribution >= 4 is 17.3 Å². The van der Waals surface area contributed by atoms with Crippen LogP contribution in [0, 0.1) is 0 Å². The maximum absolute atomic E-state index is 12.5. The monoisotopic (exact) mass is 347 g/mol. The van der Waals surface area contributed by atoms with Gasteiger partial charge in [0.15, 0.2) is 10.9 Å². The quantitative estimate of drug-likeness (QED) is 0.509. The van der Waals surface area contributed by atoms with Crippen LogP contribution < -0.4 is 20.3 Å². The highest BCUT2D eigenvalue weighted by Gasteiger charge is 2.32. The van der Waals surface area contributed by atoms with Crippen molar-refractivity contribution in [1.29, 1.82) is 0 Å². The Hall–Kier alpha value is -2.19. The van der Waals surface area contributed by atoms with Gasteiger partial charge in [-0.05, 0) is 24.3 Å². The molecule has 0 aliphatic carbocycles. The Labute approximate surface area is 135 Å². The lowest BCUT2D eigenvalue weighted by molar-refractivity contribution is -0.275. The van der Waals surface area contributed by atoms with Crippen molar-refractivity contribution in [3.63, 3.8) is 0 Å². The van der Waals surface area contributed by atoms with E-state index in [1.165, 1.54) is 30.4 Å². The van der Waals surface area contributed by atoms with E-state index in [4.69, 9.17) is 22.2 Å². The second-order valence-electron chi connectivity index (χ2n) is 4.49. The number of nitrogens with two attached hydrogens (primary N) is 1. The van der Waals surface area contributed by atoms with E-state index in [2.05, 4.69) is 9.72 Å². The number of alkyl halides is 3.